The fourth-order valence-electron chi connectivity index (χ4n) is 1.21. The molecule has 1 aromatic rings. The summed E-state index contributed by atoms with van der Waals surface area (Å²) in [4.78, 5) is 11.5. The molecule has 0 saturated carbocycles. The third-order valence-electron chi connectivity index (χ3n) is 2.29. The maximum atomic E-state index is 11.5. The fourth-order valence-corrected chi connectivity index (χ4v) is 1.21. The van der Waals surface area contributed by atoms with Crippen molar-refractivity contribution in [1.29, 1.82) is 0 Å². The number of benzene rings is 1. The molecule has 3 nitrogen and oxygen atoms in total. The number of carbonyl (C=O) groups is 1. The number of aliphatic hydroxyl groups excluding tert-OH is 1. The summed E-state index contributed by atoms with van der Waals surface area (Å²) in [7, 11) is 0. The molecule has 0 aromatic heterocycles. The van der Waals surface area contributed by atoms with Gasteiger partial charge in [-0.05, 0) is 12.5 Å². The molecule has 3 heteroatoms. The van der Waals surface area contributed by atoms with E-state index in [1.54, 1.807) is 13.8 Å². The molecule has 1 aromatic carbocycles. The highest BCUT2D eigenvalue weighted by Gasteiger charge is 2.10. The Morgan fingerprint density at radius 2 is 1.94 bits per heavy atom. The van der Waals surface area contributed by atoms with E-state index < -0.39 is 5.97 Å². The fraction of sp³-hybridized carbons (Fsp3) is 0.308. The summed E-state index contributed by atoms with van der Waals surface area (Å²) in [5, 5.41) is 9.37. The lowest BCUT2D eigenvalue weighted by molar-refractivity contribution is -0.140. The minimum Gasteiger partial charge on any atom is -0.512 e. The molecule has 0 radical (unpaired) electrons. The molecule has 0 saturated heterocycles. The van der Waals surface area contributed by atoms with Crippen LogP contribution in [-0.2, 0) is 16.1 Å². The van der Waals surface area contributed by atoms with Gasteiger partial charge >= 0.3 is 5.97 Å². The summed E-state index contributed by atoms with van der Waals surface area (Å²) >= 11 is 0. The monoisotopic (exact) mass is 220 g/mol. The minimum atomic E-state index is -0.469. The summed E-state index contributed by atoms with van der Waals surface area (Å²) in [6.07, 6.45) is 0.437. The Bertz CT molecular complexity index is 379. The summed E-state index contributed by atoms with van der Waals surface area (Å²) in [5.74, 6) is -0.388. The van der Waals surface area contributed by atoms with Gasteiger partial charge in [-0.1, -0.05) is 37.3 Å². The first kappa shape index (κ1) is 12.3. The van der Waals surface area contributed by atoms with E-state index in [0.717, 1.165) is 5.56 Å². The van der Waals surface area contributed by atoms with Crippen LogP contribution in [0.25, 0.3) is 0 Å². The van der Waals surface area contributed by atoms with Gasteiger partial charge in [0.25, 0.3) is 0 Å². The van der Waals surface area contributed by atoms with Gasteiger partial charge in [0.2, 0.25) is 0 Å². The van der Waals surface area contributed by atoms with Gasteiger partial charge in [-0.2, -0.15) is 0 Å². The van der Waals surface area contributed by atoms with E-state index in [4.69, 9.17) is 4.74 Å². The molecule has 0 unspecified atom stereocenters. The van der Waals surface area contributed by atoms with Crippen LogP contribution < -0.4 is 0 Å². The lowest BCUT2D eigenvalue weighted by Gasteiger charge is -2.06. The second-order valence-corrected chi connectivity index (χ2v) is 3.49. The van der Waals surface area contributed by atoms with Gasteiger partial charge in [0.1, 0.15) is 12.4 Å². The molecule has 0 aliphatic carbocycles. The summed E-state index contributed by atoms with van der Waals surface area (Å²) in [6, 6.07) is 9.43. The smallest absolute Gasteiger partial charge is 0.337 e. The zero-order chi connectivity index (χ0) is 12.0. The highest BCUT2D eigenvalue weighted by molar-refractivity contribution is 5.88. The van der Waals surface area contributed by atoms with E-state index in [-0.39, 0.29) is 17.9 Å². The van der Waals surface area contributed by atoms with Gasteiger partial charge in [0.15, 0.2) is 0 Å². The number of esters is 1. The van der Waals surface area contributed by atoms with Crippen molar-refractivity contribution in [3.05, 3.63) is 47.2 Å². The van der Waals surface area contributed by atoms with Crippen molar-refractivity contribution in [2.24, 2.45) is 0 Å². The van der Waals surface area contributed by atoms with E-state index in [1.165, 1.54) is 0 Å². The van der Waals surface area contributed by atoms with Crippen LogP contribution in [0, 0.1) is 0 Å². The van der Waals surface area contributed by atoms with Crippen molar-refractivity contribution in [1.82, 2.24) is 0 Å². The van der Waals surface area contributed by atoms with Crippen LogP contribution in [0.1, 0.15) is 25.8 Å². The summed E-state index contributed by atoms with van der Waals surface area (Å²) < 4.78 is 5.06. The Morgan fingerprint density at radius 1 is 1.31 bits per heavy atom. The number of ether oxygens (including phenoxy) is 1. The molecule has 0 aliphatic rings. The van der Waals surface area contributed by atoms with Crippen molar-refractivity contribution in [2.75, 3.05) is 0 Å². The predicted molar refractivity (Wildman–Crippen MR) is 61.9 cm³/mol. The second kappa shape index (κ2) is 5.95. The highest BCUT2D eigenvalue weighted by Crippen LogP contribution is 2.08. The van der Waals surface area contributed by atoms with Crippen LogP contribution in [0.3, 0.4) is 0 Å². The molecule has 0 spiro atoms. The van der Waals surface area contributed by atoms with Gasteiger partial charge < -0.3 is 9.84 Å². The summed E-state index contributed by atoms with van der Waals surface area (Å²) in [6.45, 7) is 3.57. The second-order valence-electron chi connectivity index (χ2n) is 3.49. The first-order valence-electron chi connectivity index (χ1n) is 5.25. The van der Waals surface area contributed by atoms with Crippen molar-refractivity contribution in [2.45, 2.75) is 26.9 Å². The third-order valence-corrected chi connectivity index (χ3v) is 2.29. The highest BCUT2D eigenvalue weighted by atomic mass is 16.5. The zero-order valence-corrected chi connectivity index (χ0v) is 9.56. The van der Waals surface area contributed by atoms with Crippen molar-refractivity contribution in [3.8, 4) is 0 Å². The molecule has 1 rings (SSSR count). The standard InChI is InChI=1S/C13H16O3/c1-3-12(14)10(2)13(15)16-9-11-7-5-4-6-8-11/h4-8,14H,3,9H2,1-2H3/b12-10-. The lowest BCUT2D eigenvalue weighted by atomic mass is 10.2. The lowest BCUT2D eigenvalue weighted by Crippen LogP contribution is -2.08. The van der Waals surface area contributed by atoms with Gasteiger partial charge in [0.05, 0.1) is 5.57 Å². The van der Waals surface area contributed by atoms with Crippen LogP contribution in [0.2, 0.25) is 0 Å². The molecule has 0 aliphatic heterocycles. The van der Waals surface area contributed by atoms with E-state index >= 15 is 0 Å². The molecule has 0 atom stereocenters. The largest absolute Gasteiger partial charge is 0.512 e. The molecule has 16 heavy (non-hydrogen) atoms. The molecule has 0 heterocycles. The number of aliphatic hydroxyl groups is 1. The topological polar surface area (TPSA) is 46.5 Å². The molecular weight excluding hydrogens is 204 g/mol. The van der Waals surface area contributed by atoms with E-state index in [1.807, 2.05) is 30.3 Å². The first-order chi connectivity index (χ1) is 7.65. The normalized spacial score (nSPS) is 11.9. The average Bonchev–Trinajstić information content (AvgIpc) is 2.35. The molecular formula is C13H16O3. The third kappa shape index (κ3) is 3.42. The van der Waals surface area contributed by atoms with Crippen molar-refractivity contribution in [3.63, 3.8) is 0 Å². The van der Waals surface area contributed by atoms with E-state index in [0.29, 0.717) is 6.42 Å². The van der Waals surface area contributed by atoms with Gasteiger partial charge in [-0.15, -0.1) is 0 Å². The van der Waals surface area contributed by atoms with Crippen LogP contribution in [0.15, 0.2) is 41.7 Å². The quantitative estimate of drug-likeness (QED) is 0.482. The molecule has 0 fully saturated rings. The SMILES string of the molecule is CC/C(O)=C(\C)C(=O)OCc1ccccc1. The number of carbonyl (C=O) groups excluding carboxylic acids is 1. The zero-order valence-electron chi connectivity index (χ0n) is 9.56. The first-order valence-corrected chi connectivity index (χ1v) is 5.25. The van der Waals surface area contributed by atoms with E-state index in [9.17, 15) is 9.90 Å². The number of hydrogen-bond acceptors (Lipinski definition) is 3. The van der Waals surface area contributed by atoms with Crippen molar-refractivity contribution >= 4 is 5.97 Å². The predicted octanol–water partition coefficient (Wildman–Crippen LogP) is 2.97. The van der Waals surface area contributed by atoms with Crippen LogP contribution in [-0.4, -0.2) is 11.1 Å². The van der Waals surface area contributed by atoms with Crippen LogP contribution in [0.4, 0.5) is 0 Å². The Morgan fingerprint density at radius 3 is 2.50 bits per heavy atom. The maximum Gasteiger partial charge on any atom is 0.337 e. The van der Waals surface area contributed by atoms with Gasteiger partial charge in [0, 0.05) is 6.42 Å². The van der Waals surface area contributed by atoms with Gasteiger partial charge in [-0.25, -0.2) is 4.79 Å². The van der Waals surface area contributed by atoms with Gasteiger partial charge in [-0.3, -0.25) is 0 Å². The minimum absolute atomic E-state index is 0.0815. The Hall–Kier alpha value is -1.77. The number of hydrogen-bond donors (Lipinski definition) is 1. The Kier molecular flexibility index (Phi) is 4.58. The molecule has 0 amide bonds. The van der Waals surface area contributed by atoms with Crippen molar-refractivity contribution < 1.29 is 14.6 Å². The average molecular weight is 220 g/mol. The molecule has 86 valence electrons. The van der Waals surface area contributed by atoms with E-state index in [2.05, 4.69) is 0 Å². The molecule has 1 N–H and O–H groups in total. The number of allylic oxidation sites excluding steroid dienone is 1. The Balaban J connectivity index is 2.54. The van der Waals surface area contributed by atoms with Crippen LogP contribution >= 0.6 is 0 Å². The maximum absolute atomic E-state index is 11.5. The Labute approximate surface area is 95.4 Å². The molecule has 0 bridgehead atoms. The number of rotatable bonds is 4. The summed E-state index contributed by atoms with van der Waals surface area (Å²) in [5.41, 5.74) is 1.21. The van der Waals surface area contributed by atoms with Crippen LogP contribution in [0.5, 0.6) is 0 Å².